The summed E-state index contributed by atoms with van der Waals surface area (Å²) in [4.78, 5) is 30.6. The number of rotatable bonds is 7. The predicted octanol–water partition coefficient (Wildman–Crippen LogP) is 2.32. The number of nitrogens with zero attached hydrogens (tertiary/aromatic N) is 2. The van der Waals surface area contributed by atoms with Crippen LogP contribution in [-0.4, -0.2) is 33.0 Å². The fraction of sp³-hybridized carbons (Fsp3) is 0.294. The van der Waals surface area contributed by atoms with Gasteiger partial charge in [-0.05, 0) is 31.0 Å². The zero-order valence-electron chi connectivity index (χ0n) is 13.6. The average Bonchev–Trinajstić information content (AvgIpc) is 2.60. The lowest BCUT2D eigenvalue weighted by atomic mass is 10.1. The number of anilines is 1. The molecule has 1 heterocycles. The Kier molecular flexibility index (Phi) is 5.83. The molecule has 0 aliphatic heterocycles. The van der Waals surface area contributed by atoms with Crippen LogP contribution in [0, 0.1) is 0 Å². The number of carboxylic acid groups (broad SMARTS) is 1. The smallest absolute Gasteiger partial charge is 0.356 e. The summed E-state index contributed by atoms with van der Waals surface area (Å²) in [5.74, 6) is -0.750. The quantitative estimate of drug-likeness (QED) is 0.720. The highest BCUT2D eigenvalue weighted by Crippen LogP contribution is 2.09. The second kappa shape index (κ2) is 8.05. The van der Waals surface area contributed by atoms with Crippen molar-refractivity contribution in [1.82, 2.24) is 15.3 Å². The van der Waals surface area contributed by atoms with Crippen molar-refractivity contribution in [2.24, 2.45) is 0 Å². The molecule has 0 radical (unpaired) electrons. The molecule has 0 bridgehead atoms. The number of benzene rings is 1. The maximum Gasteiger partial charge on any atom is 0.356 e. The predicted molar refractivity (Wildman–Crippen MR) is 90.0 cm³/mol. The summed E-state index contributed by atoms with van der Waals surface area (Å²) in [6.07, 6.45) is 3.43. The van der Waals surface area contributed by atoms with Crippen LogP contribution in [0.2, 0.25) is 0 Å². The number of amides is 1. The molecule has 1 aromatic heterocycles. The molecule has 3 N–H and O–H groups in total. The van der Waals surface area contributed by atoms with Crippen LogP contribution in [0.15, 0.2) is 36.7 Å². The number of nitrogens with one attached hydrogen (secondary N) is 2. The lowest BCUT2D eigenvalue weighted by Gasteiger charge is -2.12. The van der Waals surface area contributed by atoms with E-state index in [2.05, 4.69) is 20.6 Å². The van der Waals surface area contributed by atoms with Crippen LogP contribution in [0.25, 0.3) is 0 Å². The van der Waals surface area contributed by atoms with Gasteiger partial charge in [0.2, 0.25) is 0 Å². The summed E-state index contributed by atoms with van der Waals surface area (Å²) in [6.45, 7) is 4.43. The van der Waals surface area contributed by atoms with E-state index in [0.29, 0.717) is 17.9 Å². The fourth-order valence-electron chi connectivity index (χ4n) is 1.95. The van der Waals surface area contributed by atoms with E-state index in [1.54, 1.807) is 6.07 Å². The van der Waals surface area contributed by atoms with Gasteiger partial charge in [-0.1, -0.05) is 19.1 Å². The molecule has 126 valence electrons. The molecule has 0 fully saturated rings. The first-order valence-corrected chi connectivity index (χ1v) is 7.68. The van der Waals surface area contributed by atoms with Gasteiger partial charge in [0, 0.05) is 18.2 Å². The van der Waals surface area contributed by atoms with Gasteiger partial charge >= 0.3 is 5.97 Å². The summed E-state index contributed by atoms with van der Waals surface area (Å²) in [5, 5.41) is 14.8. The highest BCUT2D eigenvalue weighted by Gasteiger charge is 2.09. The maximum atomic E-state index is 12.1. The second-order valence-electron chi connectivity index (χ2n) is 5.43. The number of hydrogen-bond donors (Lipinski definition) is 3. The Bertz CT molecular complexity index is 716. The third-order valence-corrected chi connectivity index (χ3v) is 3.52. The van der Waals surface area contributed by atoms with Crippen molar-refractivity contribution in [1.29, 1.82) is 0 Å². The van der Waals surface area contributed by atoms with Crippen LogP contribution >= 0.6 is 0 Å². The van der Waals surface area contributed by atoms with Crippen molar-refractivity contribution in [3.05, 3.63) is 53.5 Å². The zero-order chi connectivity index (χ0) is 17.5. The third-order valence-electron chi connectivity index (χ3n) is 3.52. The molecule has 0 spiro atoms. The second-order valence-corrected chi connectivity index (χ2v) is 5.43. The molecule has 1 atom stereocenters. The van der Waals surface area contributed by atoms with E-state index >= 15 is 0 Å². The highest BCUT2D eigenvalue weighted by molar-refractivity contribution is 5.94. The van der Waals surface area contributed by atoms with Gasteiger partial charge in [0.05, 0.1) is 12.4 Å². The number of aromatic nitrogens is 2. The molecule has 2 rings (SSSR count). The van der Waals surface area contributed by atoms with Crippen LogP contribution in [0.4, 0.5) is 5.82 Å². The Morgan fingerprint density at radius 2 is 2.04 bits per heavy atom. The monoisotopic (exact) mass is 328 g/mol. The molecule has 0 aliphatic rings. The number of carbonyl (C=O) groups is 2. The lowest BCUT2D eigenvalue weighted by Crippen LogP contribution is -2.31. The molecule has 7 heteroatoms. The minimum Gasteiger partial charge on any atom is -0.476 e. The first-order valence-electron chi connectivity index (χ1n) is 7.68. The SMILES string of the molecule is CCC(C)NC(=O)c1cccc(CNc2cnc(C(=O)O)cn2)c1. The summed E-state index contributed by atoms with van der Waals surface area (Å²) >= 11 is 0. The molecule has 0 aliphatic carbocycles. The van der Waals surface area contributed by atoms with Crippen molar-refractivity contribution in [3.63, 3.8) is 0 Å². The lowest BCUT2D eigenvalue weighted by molar-refractivity contribution is 0.0689. The molecule has 1 unspecified atom stereocenters. The Morgan fingerprint density at radius 1 is 1.25 bits per heavy atom. The largest absolute Gasteiger partial charge is 0.476 e. The Labute approximate surface area is 140 Å². The fourth-order valence-corrected chi connectivity index (χ4v) is 1.95. The van der Waals surface area contributed by atoms with Gasteiger partial charge in [0.1, 0.15) is 5.82 Å². The Balaban J connectivity index is 1.99. The highest BCUT2D eigenvalue weighted by atomic mass is 16.4. The minimum absolute atomic E-state index is 0.100. The van der Waals surface area contributed by atoms with E-state index < -0.39 is 5.97 Å². The van der Waals surface area contributed by atoms with E-state index in [0.717, 1.165) is 12.0 Å². The summed E-state index contributed by atoms with van der Waals surface area (Å²) in [7, 11) is 0. The van der Waals surface area contributed by atoms with Gasteiger partial charge in [-0.2, -0.15) is 0 Å². The van der Waals surface area contributed by atoms with Crippen LogP contribution in [0.3, 0.4) is 0 Å². The van der Waals surface area contributed by atoms with Gasteiger partial charge < -0.3 is 15.7 Å². The zero-order valence-corrected chi connectivity index (χ0v) is 13.6. The number of hydrogen-bond acceptors (Lipinski definition) is 5. The summed E-state index contributed by atoms with van der Waals surface area (Å²) in [6, 6.07) is 7.42. The van der Waals surface area contributed by atoms with Gasteiger partial charge in [-0.15, -0.1) is 0 Å². The van der Waals surface area contributed by atoms with E-state index in [1.807, 2.05) is 32.0 Å². The first kappa shape index (κ1) is 17.4. The molecule has 1 aromatic carbocycles. The van der Waals surface area contributed by atoms with Gasteiger partial charge in [-0.25, -0.2) is 14.8 Å². The number of carboxylic acids is 1. The molecule has 1 amide bonds. The van der Waals surface area contributed by atoms with Crippen molar-refractivity contribution in [3.8, 4) is 0 Å². The van der Waals surface area contributed by atoms with E-state index in [1.165, 1.54) is 12.4 Å². The van der Waals surface area contributed by atoms with Gasteiger partial charge in [0.15, 0.2) is 5.69 Å². The minimum atomic E-state index is -1.12. The molecule has 2 aromatic rings. The van der Waals surface area contributed by atoms with Crippen molar-refractivity contribution < 1.29 is 14.7 Å². The third kappa shape index (κ3) is 4.77. The Hall–Kier alpha value is -2.96. The summed E-state index contributed by atoms with van der Waals surface area (Å²) < 4.78 is 0. The molecule has 7 nitrogen and oxygen atoms in total. The van der Waals surface area contributed by atoms with Crippen LogP contribution in [0.1, 0.15) is 46.7 Å². The van der Waals surface area contributed by atoms with Crippen molar-refractivity contribution in [2.45, 2.75) is 32.9 Å². The van der Waals surface area contributed by atoms with Crippen molar-refractivity contribution >= 4 is 17.7 Å². The molecular weight excluding hydrogens is 308 g/mol. The van der Waals surface area contributed by atoms with Crippen molar-refractivity contribution in [2.75, 3.05) is 5.32 Å². The van der Waals surface area contributed by atoms with Crippen LogP contribution < -0.4 is 10.6 Å². The van der Waals surface area contributed by atoms with E-state index in [-0.39, 0.29) is 17.6 Å². The molecular formula is C17H20N4O3. The maximum absolute atomic E-state index is 12.1. The first-order chi connectivity index (χ1) is 11.5. The van der Waals surface area contributed by atoms with Gasteiger partial charge in [0.25, 0.3) is 5.91 Å². The van der Waals surface area contributed by atoms with Gasteiger partial charge in [-0.3, -0.25) is 4.79 Å². The average molecular weight is 328 g/mol. The summed E-state index contributed by atoms with van der Waals surface area (Å²) in [5.41, 5.74) is 1.40. The van der Waals surface area contributed by atoms with E-state index in [4.69, 9.17) is 5.11 Å². The molecule has 24 heavy (non-hydrogen) atoms. The normalized spacial score (nSPS) is 11.6. The van der Waals surface area contributed by atoms with Crippen LogP contribution in [-0.2, 0) is 6.54 Å². The molecule has 0 saturated carbocycles. The topological polar surface area (TPSA) is 104 Å². The molecule has 0 saturated heterocycles. The standard InChI is InChI=1S/C17H20N4O3/c1-3-11(2)21-16(22)13-6-4-5-12(7-13)8-19-15-10-18-14(9-20-15)17(23)24/h4-7,9-11H,3,8H2,1-2H3,(H,19,20)(H,21,22)(H,23,24). The van der Waals surface area contributed by atoms with E-state index in [9.17, 15) is 9.59 Å². The number of aromatic carboxylic acids is 1. The number of carbonyl (C=O) groups excluding carboxylic acids is 1. The van der Waals surface area contributed by atoms with Crippen LogP contribution in [0.5, 0.6) is 0 Å². The Morgan fingerprint density at radius 3 is 2.67 bits per heavy atom.